The highest BCUT2D eigenvalue weighted by atomic mass is 35.5. The maximum absolute atomic E-state index is 14.3. The van der Waals surface area contributed by atoms with Gasteiger partial charge >= 0.3 is 0 Å². The summed E-state index contributed by atoms with van der Waals surface area (Å²) in [4.78, 5) is 18.1. The molecule has 33 heavy (non-hydrogen) atoms. The molecule has 2 heterocycles. The van der Waals surface area contributed by atoms with Crippen LogP contribution < -0.4 is 5.32 Å². The van der Waals surface area contributed by atoms with Crippen LogP contribution in [0.25, 0.3) is 11.0 Å². The van der Waals surface area contributed by atoms with Crippen LogP contribution in [0.3, 0.4) is 0 Å². The number of benzene rings is 1. The molecular formula is C24H27ClF2N4O2. The average Bonchev–Trinajstić information content (AvgIpc) is 3.19. The van der Waals surface area contributed by atoms with Crippen molar-refractivity contribution in [2.24, 2.45) is 0 Å². The zero-order valence-corrected chi connectivity index (χ0v) is 19.5. The second-order valence-corrected chi connectivity index (χ2v) is 9.44. The predicted molar refractivity (Wildman–Crippen MR) is 123 cm³/mol. The maximum Gasteiger partial charge on any atom is 0.252 e. The van der Waals surface area contributed by atoms with Crippen molar-refractivity contribution in [3.63, 3.8) is 0 Å². The second kappa shape index (κ2) is 8.99. The van der Waals surface area contributed by atoms with Crippen LogP contribution in [-0.4, -0.2) is 37.6 Å². The van der Waals surface area contributed by atoms with Gasteiger partial charge < -0.3 is 10.4 Å². The van der Waals surface area contributed by atoms with Crippen LogP contribution in [0.4, 0.5) is 8.78 Å². The van der Waals surface area contributed by atoms with E-state index in [1.165, 1.54) is 12.1 Å². The average molecular weight is 477 g/mol. The number of pyridine rings is 1. The number of halogens is 3. The number of nitrogens with zero attached hydrogens (tertiary/aromatic N) is 3. The number of amides is 1. The van der Waals surface area contributed by atoms with Gasteiger partial charge in [0.1, 0.15) is 12.0 Å². The Morgan fingerprint density at radius 2 is 2.03 bits per heavy atom. The number of rotatable bonds is 5. The Kier molecular flexibility index (Phi) is 6.42. The van der Waals surface area contributed by atoms with Crippen molar-refractivity contribution >= 4 is 28.5 Å². The number of fused-ring (bicyclic) bond motifs is 1. The molecule has 0 saturated heterocycles. The summed E-state index contributed by atoms with van der Waals surface area (Å²) in [5, 5.41) is 19.1. The highest BCUT2D eigenvalue weighted by molar-refractivity contribution is 6.31. The van der Waals surface area contributed by atoms with Crippen molar-refractivity contribution in [3.05, 3.63) is 58.1 Å². The van der Waals surface area contributed by atoms with E-state index in [1.807, 2.05) is 13.8 Å². The number of aromatic nitrogens is 3. The zero-order chi connectivity index (χ0) is 23.9. The zero-order valence-electron chi connectivity index (χ0n) is 18.8. The molecule has 3 aromatic rings. The maximum atomic E-state index is 14.3. The smallest absolute Gasteiger partial charge is 0.252 e. The molecule has 0 bridgehead atoms. The van der Waals surface area contributed by atoms with Crippen molar-refractivity contribution in [2.45, 2.75) is 70.3 Å². The lowest BCUT2D eigenvalue weighted by molar-refractivity contribution is -0.0445. The van der Waals surface area contributed by atoms with Gasteiger partial charge in [0, 0.05) is 11.7 Å². The predicted octanol–water partition coefficient (Wildman–Crippen LogP) is 5.23. The minimum absolute atomic E-state index is 0.0446. The van der Waals surface area contributed by atoms with Crippen LogP contribution in [0.1, 0.15) is 73.2 Å². The molecule has 0 radical (unpaired) electrons. The lowest BCUT2D eigenvalue weighted by Crippen LogP contribution is -2.48. The number of carbonyl (C=O) groups excluding carboxylic acids is 1. The van der Waals surface area contributed by atoms with Crippen LogP contribution >= 0.6 is 11.6 Å². The molecule has 1 aromatic carbocycles. The largest absolute Gasteiger partial charge is 0.387 e. The number of aryl methyl sites for hydroxylation is 1. The Labute approximate surface area is 196 Å². The summed E-state index contributed by atoms with van der Waals surface area (Å²) in [6.45, 7) is 5.72. The molecule has 1 aliphatic rings. The van der Waals surface area contributed by atoms with Gasteiger partial charge in [0.05, 0.1) is 33.8 Å². The molecule has 6 nitrogen and oxygen atoms in total. The molecule has 2 N–H and O–H groups in total. The first-order valence-electron chi connectivity index (χ1n) is 11.1. The highest BCUT2D eigenvalue weighted by Crippen LogP contribution is 2.42. The Balaban J connectivity index is 1.77. The normalized spacial score (nSPS) is 22.0. The standard InChI is InChI=1S/C24H27ClF2N4O2/c1-13(2)31-22-18(12-28-31)17(11-14(3)29-22)23(32)30-21(16-5-4-6-19(27)20(16)25)24(33)9-7-15(26)8-10-24/h4-6,11-13,15,21,33H,7-10H2,1-3H3,(H,30,32)/t15-,21?,24+. The van der Waals surface area contributed by atoms with E-state index >= 15 is 0 Å². The van der Waals surface area contributed by atoms with Gasteiger partial charge in [0.2, 0.25) is 0 Å². The molecule has 1 amide bonds. The van der Waals surface area contributed by atoms with Crippen molar-refractivity contribution < 1.29 is 18.7 Å². The molecule has 0 spiro atoms. The molecule has 1 saturated carbocycles. The lowest BCUT2D eigenvalue weighted by atomic mass is 9.76. The van der Waals surface area contributed by atoms with Gasteiger partial charge in [-0.1, -0.05) is 23.7 Å². The molecule has 1 aliphatic carbocycles. The molecule has 0 aliphatic heterocycles. The first-order chi connectivity index (χ1) is 15.6. The molecular weight excluding hydrogens is 450 g/mol. The summed E-state index contributed by atoms with van der Waals surface area (Å²) in [5.74, 6) is -1.13. The number of alkyl halides is 1. The summed E-state index contributed by atoms with van der Waals surface area (Å²) in [6.07, 6.45) is 1.09. The summed E-state index contributed by atoms with van der Waals surface area (Å²) in [5.41, 5.74) is 0.326. The first-order valence-corrected chi connectivity index (χ1v) is 11.4. The summed E-state index contributed by atoms with van der Waals surface area (Å²) in [7, 11) is 0. The molecule has 9 heteroatoms. The van der Waals surface area contributed by atoms with E-state index in [0.717, 1.165) is 0 Å². The van der Waals surface area contributed by atoms with Crippen molar-refractivity contribution in [1.29, 1.82) is 0 Å². The van der Waals surface area contributed by atoms with Crippen molar-refractivity contribution in [3.8, 4) is 0 Å². The van der Waals surface area contributed by atoms with Gasteiger partial charge in [-0.3, -0.25) is 4.79 Å². The Morgan fingerprint density at radius 1 is 1.33 bits per heavy atom. The third-order valence-electron chi connectivity index (χ3n) is 6.31. The summed E-state index contributed by atoms with van der Waals surface area (Å²) < 4.78 is 29.9. The fraction of sp³-hybridized carbons (Fsp3) is 0.458. The molecule has 1 unspecified atom stereocenters. The lowest BCUT2D eigenvalue weighted by Gasteiger charge is -2.41. The molecule has 2 aromatic heterocycles. The Hall–Kier alpha value is -2.58. The molecule has 176 valence electrons. The Morgan fingerprint density at radius 3 is 2.70 bits per heavy atom. The SMILES string of the molecule is Cc1cc(C(=O)NC(c2cccc(F)c2Cl)[C@]2(O)CC[C@@H](F)CC2)c2cnn(C(C)C)c2n1. The monoisotopic (exact) mass is 476 g/mol. The third-order valence-corrected chi connectivity index (χ3v) is 6.71. The fourth-order valence-corrected chi connectivity index (χ4v) is 4.77. The summed E-state index contributed by atoms with van der Waals surface area (Å²) >= 11 is 6.25. The van der Waals surface area contributed by atoms with E-state index < -0.39 is 29.5 Å². The molecule has 4 rings (SSSR count). The number of carbonyl (C=O) groups is 1. The van der Waals surface area contributed by atoms with E-state index in [2.05, 4.69) is 15.4 Å². The van der Waals surface area contributed by atoms with Crippen LogP contribution in [0.5, 0.6) is 0 Å². The van der Waals surface area contributed by atoms with Gasteiger partial charge in [0.25, 0.3) is 5.91 Å². The minimum atomic E-state index is -1.47. The first kappa shape index (κ1) is 23.6. The quantitative estimate of drug-likeness (QED) is 0.528. The van der Waals surface area contributed by atoms with Crippen molar-refractivity contribution in [1.82, 2.24) is 20.1 Å². The van der Waals surface area contributed by atoms with E-state index in [9.17, 15) is 18.7 Å². The number of hydrogen-bond donors (Lipinski definition) is 2. The Bertz CT molecular complexity index is 1190. The van der Waals surface area contributed by atoms with Gasteiger partial charge in [0.15, 0.2) is 5.65 Å². The van der Waals surface area contributed by atoms with Gasteiger partial charge in [-0.15, -0.1) is 0 Å². The minimum Gasteiger partial charge on any atom is -0.387 e. The number of nitrogens with one attached hydrogen (secondary N) is 1. The van der Waals surface area contributed by atoms with Crippen LogP contribution in [-0.2, 0) is 0 Å². The second-order valence-electron chi connectivity index (χ2n) is 9.06. The van der Waals surface area contributed by atoms with E-state index in [-0.39, 0.29) is 42.3 Å². The van der Waals surface area contributed by atoms with Gasteiger partial charge in [-0.25, -0.2) is 18.4 Å². The van der Waals surface area contributed by atoms with Crippen LogP contribution in [0.15, 0.2) is 30.5 Å². The summed E-state index contributed by atoms with van der Waals surface area (Å²) in [6, 6.07) is 4.93. The van der Waals surface area contributed by atoms with Crippen LogP contribution in [0, 0.1) is 12.7 Å². The number of hydrogen-bond acceptors (Lipinski definition) is 4. The fourth-order valence-electron chi connectivity index (χ4n) is 4.53. The molecule has 1 atom stereocenters. The van der Waals surface area contributed by atoms with Gasteiger partial charge in [-0.05, 0) is 64.2 Å². The van der Waals surface area contributed by atoms with E-state index in [4.69, 9.17) is 11.6 Å². The van der Waals surface area contributed by atoms with Gasteiger partial charge in [-0.2, -0.15) is 5.10 Å². The highest BCUT2D eigenvalue weighted by Gasteiger charge is 2.43. The van der Waals surface area contributed by atoms with E-state index in [0.29, 0.717) is 22.3 Å². The van der Waals surface area contributed by atoms with Crippen LogP contribution in [0.2, 0.25) is 5.02 Å². The number of aliphatic hydroxyl groups is 1. The van der Waals surface area contributed by atoms with Crippen molar-refractivity contribution in [2.75, 3.05) is 0 Å². The van der Waals surface area contributed by atoms with E-state index in [1.54, 1.807) is 29.9 Å². The molecule has 1 fully saturated rings. The third kappa shape index (κ3) is 4.46. The topological polar surface area (TPSA) is 80.0 Å².